The van der Waals surface area contributed by atoms with Crippen molar-refractivity contribution in [2.75, 3.05) is 13.1 Å². The molecule has 1 rings (SSSR count). The number of benzene rings is 1. The van der Waals surface area contributed by atoms with E-state index < -0.39 is 0 Å². The lowest BCUT2D eigenvalue weighted by atomic mass is 10.00. The van der Waals surface area contributed by atoms with E-state index in [9.17, 15) is 0 Å². The van der Waals surface area contributed by atoms with E-state index in [-0.39, 0.29) is 0 Å². The fourth-order valence-corrected chi connectivity index (χ4v) is 1.70. The first-order valence-electron chi connectivity index (χ1n) is 3.93. The molecular weight excluding hydrogens is 263 g/mol. The molecular formula is C9H13IN2. The fourth-order valence-electron chi connectivity index (χ4n) is 1.13. The Labute approximate surface area is 86.5 Å². The summed E-state index contributed by atoms with van der Waals surface area (Å²) in [6.45, 7) is 1.24. The van der Waals surface area contributed by atoms with Crippen molar-refractivity contribution in [1.82, 2.24) is 0 Å². The summed E-state index contributed by atoms with van der Waals surface area (Å²) in [5.74, 6) is 0.305. The van der Waals surface area contributed by atoms with Crippen molar-refractivity contribution in [3.8, 4) is 0 Å². The zero-order chi connectivity index (χ0) is 8.97. The maximum atomic E-state index is 5.58. The van der Waals surface area contributed by atoms with Crippen LogP contribution in [0.3, 0.4) is 0 Å². The van der Waals surface area contributed by atoms with Crippen LogP contribution >= 0.6 is 22.6 Å². The molecule has 2 nitrogen and oxygen atoms in total. The molecule has 0 radical (unpaired) electrons. The largest absolute Gasteiger partial charge is 0.330 e. The Hall–Kier alpha value is -0.130. The molecule has 0 aliphatic rings. The average Bonchev–Trinajstić information content (AvgIpc) is 2.07. The smallest absolute Gasteiger partial charge is 0.0133 e. The second-order valence-electron chi connectivity index (χ2n) is 2.72. The molecule has 0 unspecified atom stereocenters. The number of rotatable bonds is 3. The monoisotopic (exact) mass is 276 g/mol. The first kappa shape index (κ1) is 9.95. The molecule has 0 fully saturated rings. The lowest BCUT2D eigenvalue weighted by Gasteiger charge is -2.12. The summed E-state index contributed by atoms with van der Waals surface area (Å²) in [4.78, 5) is 0. The fraction of sp³-hybridized carbons (Fsp3) is 0.333. The van der Waals surface area contributed by atoms with E-state index in [1.165, 1.54) is 9.13 Å². The van der Waals surface area contributed by atoms with Crippen LogP contribution in [-0.4, -0.2) is 13.1 Å². The van der Waals surface area contributed by atoms with Crippen LogP contribution in [0.25, 0.3) is 0 Å². The predicted molar refractivity (Wildman–Crippen MR) is 60.0 cm³/mol. The van der Waals surface area contributed by atoms with Crippen molar-refractivity contribution in [2.45, 2.75) is 5.92 Å². The van der Waals surface area contributed by atoms with Crippen LogP contribution in [-0.2, 0) is 0 Å². The highest BCUT2D eigenvalue weighted by atomic mass is 127. The molecule has 1 aromatic carbocycles. The number of hydrogen-bond donors (Lipinski definition) is 2. The highest BCUT2D eigenvalue weighted by Crippen LogP contribution is 2.15. The zero-order valence-electron chi connectivity index (χ0n) is 6.83. The molecule has 0 aromatic heterocycles. The Balaban J connectivity index is 2.85. The minimum Gasteiger partial charge on any atom is -0.330 e. The molecule has 1 aromatic rings. The van der Waals surface area contributed by atoms with Gasteiger partial charge in [-0.15, -0.1) is 0 Å². The lowest BCUT2D eigenvalue weighted by Crippen LogP contribution is -2.21. The van der Waals surface area contributed by atoms with Crippen LogP contribution in [0.2, 0.25) is 0 Å². The third-order valence-corrected chi connectivity index (χ3v) is 2.56. The minimum atomic E-state index is 0.305. The summed E-state index contributed by atoms with van der Waals surface area (Å²) in [6.07, 6.45) is 0. The van der Waals surface area contributed by atoms with Crippen molar-refractivity contribution in [1.29, 1.82) is 0 Å². The lowest BCUT2D eigenvalue weighted by molar-refractivity contribution is 0.708. The molecule has 0 bridgehead atoms. The van der Waals surface area contributed by atoms with E-state index in [0.717, 1.165) is 0 Å². The normalized spacial score (nSPS) is 10.7. The third-order valence-electron chi connectivity index (χ3n) is 1.89. The van der Waals surface area contributed by atoms with Gasteiger partial charge in [0.05, 0.1) is 0 Å². The van der Waals surface area contributed by atoms with E-state index >= 15 is 0 Å². The highest BCUT2D eigenvalue weighted by molar-refractivity contribution is 14.1. The van der Waals surface area contributed by atoms with E-state index in [2.05, 4.69) is 40.8 Å². The van der Waals surface area contributed by atoms with Crippen LogP contribution in [0, 0.1) is 3.57 Å². The summed E-state index contributed by atoms with van der Waals surface area (Å²) in [5.41, 5.74) is 12.4. The Kier molecular flexibility index (Phi) is 3.97. The summed E-state index contributed by atoms with van der Waals surface area (Å²) >= 11 is 2.29. The van der Waals surface area contributed by atoms with Gasteiger partial charge in [0.2, 0.25) is 0 Å². The van der Waals surface area contributed by atoms with Crippen LogP contribution in [0.1, 0.15) is 11.5 Å². The van der Waals surface area contributed by atoms with Crippen molar-refractivity contribution in [2.24, 2.45) is 11.5 Å². The molecule has 0 heterocycles. The molecule has 0 aliphatic heterocycles. The molecule has 66 valence electrons. The van der Waals surface area contributed by atoms with Gasteiger partial charge in [-0.05, 0) is 40.3 Å². The summed E-state index contributed by atoms with van der Waals surface area (Å²) < 4.78 is 1.23. The quantitative estimate of drug-likeness (QED) is 0.817. The summed E-state index contributed by atoms with van der Waals surface area (Å²) in [5, 5.41) is 0. The first-order chi connectivity index (χ1) is 5.77. The standard InChI is InChI=1S/C9H13IN2/c10-9-3-1-2-7(4-9)8(5-11)6-12/h1-4,8H,5-6,11-12H2. The topological polar surface area (TPSA) is 52.0 Å². The maximum Gasteiger partial charge on any atom is 0.0133 e. The predicted octanol–water partition coefficient (Wildman–Crippen LogP) is 1.29. The van der Waals surface area contributed by atoms with E-state index in [4.69, 9.17) is 11.5 Å². The number of nitrogens with two attached hydrogens (primary N) is 2. The molecule has 0 amide bonds. The molecule has 0 spiro atoms. The highest BCUT2D eigenvalue weighted by Gasteiger charge is 2.06. The van der Waals surface area contributed by atoms with Crippen molar-refractivity contribution in [3.63, 3.8) is 0 Å². The van der Waals surface area contributed by atoms with Gasteiger partial charge in [0, 0.05) is 22.6 Å². The van der Waals surface area contributed by atoms with Gasteiger partial charge in [-0.25, -0.2) is 0 Å². The van der Waals surface area contributed by atoms with Crippen LogP contribution in [0.15, 0.2) is 24.3 Å². The molecule has 0 saturated carbocycles. The number of halogens is 1. The Bertz CT molecular complexity index is 246. The minimum absolute atomic E-state index is 0.305. The van der Waals surface area contributed by atoms with Crippen molar-refractivity contribution < 1.29 is 0 Å². The molecule has 12 heavy (non-hydrogen) atoms. The van der Waals surface area contributed by atoms with E-state index in [1.54, 1.807) is 0 Å². The van der Waals surface area contributed by atoms with Gasteiger partial charge in [0.15, 0.2) is 0 Å². The Morgan fingerprint density at radius 1 is 1.25 bits per heavy atom. The van der Waals surface area contributed by atoms with Crippen molar-refractivity contribution >= 4 is 22.6 Å². The molecule has 0 aliphatic carbocycles. The van der Waals surface area contributed by atoms with Gasteiger partial charge < -0.3 is 11.5 Å². The van der Waals surface area contributed by atoms with Gasteiger partial charge in [-0.3, -0.25) is 0 Å². The van der Waals surface area contributed by atoms with Crippen LogP contribution < -0.4 is 11.5 Å². The summed E-state index contributed by atoms with van der Waals surface area (Å²) in [7, 11) is 0. The Morgan fingerprint density at radius 3 is 2.42 bits per heavy atom. The van der Waals surface area contributed by atoms with E-state index in [1.807, 2.05) is 6.07 Å². The van der Waals surface area contributed by atoms with Crippen LogP contribution in [0.4, 0.5) is 0 Å². The molecule has 0 atom stereocenters. The number of hydrogen-bond acceptors (Lipinski definition) is 2. The zero-order valence-corrected chi connectivity index (χ0v) is 8.99. The second kappa shape index (κ2) is 4.79. The molecule has 0 saturated heterocycles. The van der Waals surface area contributed by atoms with Gasteiger partial charge in [-0.2, -0.15) is 0 Å². The second-order valence-corrected chi connectivity index (χ2v) is 3.97. The van der Waals surface area contributed by atoms with E-state index in [0.29, 0.717) is 19.0 Å². The maximum absolute atomic E-state index is 5.58. The van der Waals surface area contributed by atoms with Gasteiger partial charge in [-0.1, -0.05) is 12.1 Å². The Morgan fingerprint density at radius 2 is 1.92 bits per heavy atom. The molecule has 4 N–H and O–H groups in total. The van der Waals surface area contributed by atoms with Gasteiger partial charge in [0.25, 0.3) is 0 Å². The van der Waals surface area contributed by atoms with Gasteiger partial charge in [0.1, 0.15) is 0 Å². The van der Waals surface area contributed by atoms with Gasteiger partial charge >= 0.3 is 0 Å². The van der Waals surface area contributed by atoms with Crippen LogP contribution in [0.5, 0.6) is 0 Å². The van der Waals surface area contributed by atoms with Crippen molar-refractivity contribution in [3.05, 3.63) is 33.4 Å². The SMILES string of the molecule is NCC(CN)c1cccc(I)c1. The third kappa shape index (κ3) is 2.43. The summed E-state index contributed by atoms with van der Waals surface area (Å²) in [6, 6.07) is 8.31. The molecule has 3 heteroatoms. The first-order valence-corrected chi connectivity index (χ1v) is 5.01. The average molecular weight is 276 g/mol.